The molecule has 2 N–H and O–H groups in total. The van der Waals surface area contributed by atoms with E-state index in [0.29, 0.717) is 19.5 Å². The van der Waals surface area contributed by atoms with Gasteiger partial charge in [-0.1, -0.05) is 12.1 Å². The third-order valence-electron chi connectivity index (χ3n) is 3.09. The molecule has 0 aromatic heterocycles. The van der Waals surface area contributed by atoms with Gasteiger partial charge in [-0.3, -0.25) is 0 Å². The molecule has 4 nitrogen and oxygen atoms in total. The van der Waals surface area contributed by atoms with Gasteiger partial charge in [0.2, 0.25) is 0 Å². The van der Waals surface area contributed by atoms with E-state index in [9.17, 15) is 4.79 Å². The minimum absolute atomic E-state index is 0.0395. The molecule has 18 heavy (non-hydrogen) atoms. The molecule has 2 rings (SSSR count). The normalized spacial score (nSPS) is 19.1. The van der Waals surface area contributed by atoms with Crippen molar-refractivity contribution in [1.82, 2.24) is 10.2 Å². The van der Waals surface area contributed by atoms with Gasteiger partial charge in [-0.2, -0.15) is 0 Å². The number of hydrogen-bond acceptors (Lipinski definition) is 3. The van der Waals surface area contributed by atoms with Crippen LogP contribution in [0.5, 0.6) is 0 Å². The van der Waals surface area contributed by atoms with Gasteiger partial charge in [-0.25, -0.2) is 4.79 Å². The van der Waals surface area contributed by atoms with Crippen LogP contribution in [-0.2, 0) is 0 Å². The molecular weight excluding hydrogens is 248 g/mol. The van der Waals surface area contributed by atoms with Crippen molar-refractivity contribution in [1.29, 1.82) is 0 Å². The van der Waals surface area contributed by atoms with Crippen LogP contribution in [0.4, 0.5) is 4.79 Å². The maximum absolute atomic E-state index is 11.7. The van der Waals surface area contributed by atoms with Crippen molar-refractivity contribution in [2.75, 3.05) is 26.0 Å². The Balaban J connectivity index is 2.00. The van der Waals surface area contributed by atoms with Crippen molar-refractivity contribution in [3.63, 3.8) is 0 Å². The van der Waals surface area contributed by atoms with Crippen molar-refractivity contribution in [3.05, 3.63) is 29.8 Å². The van der Waals surface area contributed by atoms with Gasteiger partial charge in [-0.15, -0.1) is 11.8 Å². The highest BCUT2D eigenvalue weighted by Crippen LogP contribution is 2.23. The minimum atomic E-state index is -0.0395. The highest BCUT2D eigenvalue weighted by atomic mass is 32.2. The number of thioether (sulfide) groups is 1. The Morgan fingerprint density at radius 1 is 1.44 bits per heavy atom. The number of rotatable bonds is 5. The van der Waals surface area contributed by atoms with Gasteiger partial charge in [0.25, 0.3) is 0 Å². The summed E-state index contributed by atoms with van der Waals surface area (Å²) in [6, 6.07) is 8.29. The molecule has 0 saturated carbocycles. The largest absolute Gasteiger partial charge is 0.396 e. The summed E-state index contributed by atoms with van der Waals surface area (Å²) < 4.78 is 0. The second kappa shape index (κ2) is 6.11. The zero-order valence-electron chi connectivity index (χ0n) is 10.4. The molecule has 1 aliphatic rings. The maximum Gasteiger partial charge on any atom is 0.318 e. The highest BCUT2D eigenvalue weighted by molar-refractivity contribution is 7.98. The minimum Gasteiger partial charge on any atom is -0.396 e. The van der Waals surface area contributed by atoms with Crippen LogP contribution in [0.15, 0.2) is 29.2 Å². The van der Waals surface area contributed by atoms with Crippen molar-refractivity contribution in [3.8, 4) is 0 Å². The van der Waals surface area contributed by atoms with E-state index in [1.807, 2.05) is 6.26 Å². The van der Waals surface area contributed by atoms with Crippen molar-refractivity contribution in [2.24, 2.45) is 0 Å². The van der Waals surface area contributed by atoms with Crippen LogP contribution in [0.2, 0.25) is 0 Å². The molecule has 0 bridgehead atoms. The molecule has 0 aliphatic carbocycles. The average Bonchev–Trinajstić information content (AvgIpc) is 2.78. The van der Waals surface area contributed by atoms with Gasteiger partial charge >= 0.3 is 6.03 Å². The Morgan fingerprint density at radius 2 is 2.17 bits per heavy atom. The topological polar surface area (TPSA) is 52.6 Å². The first-order chi connectivity index (χ1) is 8.74. The zero-order valence-corrected chi connectivity index (χ0v) is 11.2. The number of hydrogen-bond donors (Lipinski definition) is 2. The Morgan fingerprint density at radius 3 is 2.78 bits per heavy atom. The lowest BCUT2D eigenvalue weighted by molar-refractivity contribution is 0.209. The Labute approximate surface area is 111 Å². The fourth-order valence-electron chi connectivity index (χ4n) is 2.07. The first kappa shape index (κ1) is 13.2. The number of carbonyl (C=O) groups excluding carboxylic acids is 1. The number of nitrogens with one attached hydrogen (secondary N) is 1. The molecule has 1 fully saturated rings. The number of nitrogens with zero attached hydrogens (tertiary/aromatic N) is 1. The third-order valence-corrected chi connectivity index (χ3v) is 3.84. The monoisotopic (exact) mass is 266 g/mol. The molecule has 0 radical (unpaired) electrons. The number of benzene rings is 1. The van der Waals surface area contributed by atoms with Crippen molar-refractivity contribution in [2.45, 2.75) is 17.4 Å². The molecular formula is C13H18N2O2S. The van der Waals surface area contributed by atoms with Gasteiger partial charge in [0, 0.05) is 24.6 Å². The lowest BCUT2D eigenvalue weighted by Crippen LogP contribution is -2.29. The molecule has 2 amide bonds. The van der Waals surface area contributed by atoms with E-state index in [1.54, 1.807) is 16.7 Å². The van der Waals surface area contributed by atoms with Crippen LogP contribution in [-0.4, -0.2) is 42.0 Å². The van der Waals surface area contributed by atoms with Crippen molar-refractivity contribution < 1.29 is 9.90 Å². The summed E-state index contributed by atoms with van der Waals surface area (Å²) in [5.74, 6) is 0. The van der Waals surface area contributed by atoms with E-state index in [4.69, 9.17) is 5.11 Å². The van der Waals surface area contributed by atoms with Gasteiger partial charge < -0.3 is 15.3 Å². The molecule has 1 unspecified atom stereocenters. The molecule has 98 valence electrons. The van der Waals surface area contributed by atoms with E-state index in [1.165, 1.54) is 4.90 Å². The third kappa shape index (κ3) is 2.97. The van der Waals surface area contributed by atoms with Crippen LogP contribution in [0.25, 0.3) is 0 Å². The van der Waals surface area contributed by atoms with Crippen LogP contribution in [0, 0.1) is 0 Å². The van der Waals surface area contributed by atoms with E-state index < -0.39 is 0 Å². The van der Waals surface area contributed by atoms with Gasteiger partial charge in [0.15, 0.2) is 0 Å². The molecule has 1 aromatic rings. The second-order valence-corrected chi connectivity index (χ2v) is 5.18. The van der Waals surface area contributed by atoms with Gasteiger partial charge in [-0.05, 0) is 30.4 Å². The van der Waals surface area contributed by atoms with Crippen LogP contribution < -0.4 is 5.32 Å². The molecule has 1 aliphatic heterocycles. The first-order valence-electron chi connectivity index (χ1n) is 6.05. The summed E-state index contributed by atoms with van der Waals surface area (Å²) in [7, 11) is 0. The number of aliphatic hydroxyl groups is 1. The fourth-order valence-corrected chi connectivity index (χ4v) is 2.48. The molecule has 5 heteroatoms. The Kier molecular flexibility index (Phi) is 4.49. The van der Waals surface area contributed by atoms with Gasteiger partial charge in [0.1, 0.15) is 0 Å². The average molecular weight is 266 g/mol. The summed E-state index contributed by atoms with van der Waals surface area (Å²) >= 11 is 1.71. The molecule has 1 atom stereocenters. The predicted octanol–water partition coefficient (Wildman–Crippen LogP) is 1.86. The highest BCUT2D eigenvalue weighted by Gasteiger charge is 2.28. The lowest BCUT2D eigenvalue weighted by Gasteiger charge is -2.13. The predicted molar refractivity (Wildman–Crippen MR) is 72.8 cm³/mol. The maximum atomic E-state index is 11.7. The zero-order chi connectivity index (χ0) is 13.0. The number of urea groups is 1. The molecule has 1 saturated heterocycles. The first-order valence-corrected chi connectivity index (χ1v) is 7.27. The Bertz CT molecular complexity index is 408. The van der Waals surface area contributed by atoms with E-state index in [0.717, 1.165) is 5.56 Å². The van der Waals surface area contributed by atoms with Crippen LogP contribution >= 0.6 is 11.8 Å². The summed E-state index contributed by atoms with van der Waals surface area (Å²) in [6.07, 6.45) is 2.68. The van der Waals surface area contributed by atoms with E-state index in [-0.39, 0.29) is 18.7 Å². The second-order valence-electron chi connectivity index (χ2n) is 4.30. The summed E-state index contributed by atoms with van der Waals surface area (Å²) in [5.41, 5.74) is 1.13. The number of carbonyl (C=O) groups is 1. The Hall–Kier alpha value is -1.20. The quantitative estimate of drug-likeness (QED) is 0.800. The number of amides is 2. The SMILES string of the molecule is CSc1ccc(C2CN(CCCO)C(=O)N2)cc1. The standard InChI is InChI=1S/C13H18N2O2S/c1-18-11-5-3-10(4-6-11)12-9-15(7-2-8-16)13(17)14-12/h3-6,12,16H,2,7-9H2,1H3,(H,14,17). The summed E-state index contributed by atoms with van der Waals surface area (Å²) in [6.45, 7) is 1.41. The summed E-state index contributed by atoms with van der Waals surface area (Å²) in [4.78, 5) is 14.7. The van der Waals surface area contributed by atoms with Crippen LogP contribution in [0.3, 0.4) is 0 Å². The molecule has 0 spiro atoms. The van der Waals surface area contributed by atoms with Crippen molar-refractivity contribution >= 4 is 17.8 Å². The van der Waals surface area contributed by atoms with Crippen LogP contribution in [0.1, 0.15) is 18.0 Å². The molecule has 1 heterocycles. The van der Waals surface area contributed by atoms with E-state index >= 15 is 0 Å². The smallest absolute Gasteiger partial charge is 0.318 e. The van der Waals surface area contributed by atoms with E-state index in [2.05, 4.69) is 29.6 Å². The lowest BCUT2D eigenvalue weighted by atomic mass is 10.1. The van der Waals surface area contributed by atoms with Gasteiger partial charge in [0.05, 0.1) is 6.04 Å². The fraction of sp³-hybridized carbons (Fsp3) is 0.462. The number of aliphatic hydroxyl groups excluding tert-OH is 1. The molecule has 1 aromatic carbocycles. The summed E-state index contributed by atoms with van der Waals surface area (Å²) in [5, 5.41) is 11.8.